The van der Waals surface area contributed by atoms with Crippen LogP contribution in [0.4, 0.5) is 0 Å². The molecule has 0 heterocycles. The number of rotatable bonds is 61. The molecule has 1 amide bonds. The SMILES string of the molecule is CC/C=C\C/C=C\C/C=C\C/C=C\C/C=C\C/C=C\C/C=C\C/C=C\C/C=C\C/C=C\C/C=C\CCCCCC(=O)NC(COP(=O)(O)OCC[N+](C)(C)C)C(O)/C=C/CC/C=C/CC/C=C/CCCCCCCCCCCCCCCCCCC. The van der Waals surface area contributed by atoms with Gasteiger partial charge in [0.15, 0.2) is 0 Å². The second kappa shape index (κ2) is 65.3. The van der Waals surface area contributed by atoms with E-state index >= 15 is 0 Å². The summed E-state index contributed by atoms with van der Waals surface area (Å²) in [5, 5.41) is 13.9. The van der Waals surface area contributed by atoms with Gasteiger partial charge in [-0.15, -0.1) is 0 Å². The standard InChI is InChI=1S/C77H129N2O6P/c1-6-8-10-12-14-16-18-20-22-24-26-28-30-32-34-35-36-37-38-39-40-41-42-43-45-47-49-51-53-55-57-59-61-63-65-67-69-71-77(81)78-75(74-85-86(82,83)84-73-72-79(3,4)5)76(80)70-68-66-64-62-60-58-56-54-52-50-48-46-44-33-31-29-27-25-23-21-19-17-15-13-11-9-7-2/h8,10,14,16,20,22,26,28,32,34,36-37,39-40,42-43,47,49,52-55,59-62,68,70,75-76,80H,6-7,9,11-13,15,17-19,21,23-25,27,29-31,33,35,38,41,44-46,48,50-51,56-58,63-67,69,71-74H2,1-5H3,(H-,78,81,82,83)/p+1/b10-8-,16-14-,22-20-,28-26-,34-32-,37-36-,40-39-,43-42-,49-47-,54-52+,55-53-,61-59-,62-60+,70-68+. The number of aliphatic hydroxyl groups excluding tert-OH is 1. The van der Waals surface area contributed by atoms with Crippen LogP contribution >= 0.6 is 7.82 Å². The number of carbonyl (C=O) groups is 1. The minimum absolute atomic E-state index is 0.0372. The molecule has 0 fully saturated rings. The minimum Gasteiger partial charge on any atom is -0.387 e. The molecule has 8 nitrogen and oxygen atoms in total. The number of aliphatic hydroxyl groups is 1. The van der Waals surface area contributed by atoms with Crippen LogP contribution in [0.2, 0.25) is 0 Å². The fourth-order valence-corrected chi connectivity index (χ4v) is 9.81. The van der Waals surface area contributed by atoms with Crippen LogP contribution in [0, 0.1) is 0 Å². The Morgan fingerprint density at radius 3 is 1.07 bits per heavy atom. The monoisotopic (exact) mass is 1210 g/mol. The number of hydrogen-bond donors (Lipinski definition) is 3. The first kappa shape index (κ1) is 81.9. The van der Waals surface area contributed by atoms with Crippen LogP contribution in [-0.4, -0.2) is 73.4 Å². The molecule has 0 rings (SSSR count). The van der Waals surface area contributed by atoms with Gasteiger partial charge in [0.05, 0.1) is 39.9 Å². The first-order valence-corrected chi connectivity index (χ1v) is 36.0. The van der Waals surface area contributed by atoms with Crippen molar-refractivity contribution in [2.24, 2.45) is 0 Å². The first-order valence-electron chi connectivity index (χ1n) is 34.5. The zero-order valence-corrected chi connectivity index (χ0v) is 56.6. The van der Waals surface area contributed by atoms with Crippen LogP contribution in [0.15, 0.2) is 170 Å². The third-order valence-corrected chi connectivity index (χ3v) is 15.4. The van der Waals surface area contributed by atoms with Gasteiger partial charge in [-0.25, -0.2) is 4.57 Å². The Morgan fingerprint density at radius 1 is 0.407 bits per heavy atom. The molecule has 9 heteroatoms. The van der Waals surface area contributed by atoms with Crippen LogP contribution in [0.5, 0.6) is 0 Å². The van der Waals surface area contributed by atoms with Gasteiger partial charge in [0, 0.05) is 6.42 Å². The van der Waals surface area contributed by atoms with Gasteiger partial charge in [0.1, 0.15) is 13.2 Å². The topological polar surface area (TPSA) is 105 Å². The van der Waals surface area contributed by atoms with Crippen molar-refractivity contribution < 1.29 is 32.9 Å². The maximum absolute atomic E-state index is 13.0. The fourth-order valence-electron chi connectivity index (χ4n) is 9.08. The zero-order chi connectivity index (χ0) is 62.6. The smallest absolute Gasteiger partial charge is 0.387 e. The van der Waals surface area contributed by atoms with Crippen molar-refractivity contribution in [3.63, 3.8) is 0 Å². The number of amides is 1. The van der Waals surface area contributed by atoms with E-state index in [9.17, 15) is 19.4 Å². The zero-order valence-electron chi connectivity index (χ0n) is 55.7. The van der Waals surface area contributed by atoms with Crippen molar-refractivity contribution in [3.05, 3.63) is 170 Å². The predicted octanol–water partition coefficient (Wildman–Crippen LogP) is 22.3. The van der Waals surface area contributed by atoms with Crippen LogP contribution in [0.1, 0.15) is 258 Å². The number of phosphoric acid groups is 1. The van der Waals surface area contributed by atoms with E-state index in [1.165, 1.54) is 116 Å². The number of hydrogen-bond acceptors (Lipinski definition) is 5. The van der Waals surface area contributed by atoms with Gasteiger partial charge in [-0.1, -0.05) is 293 Å². The quantitative estimate of drug-likeness (QED) is 0.0243. The maximum atomic E-state index is 13.0. The normalized spacial score (nSPS) is 14.7. The van der Waals surface area contributed by atoms with Crippen molar-refractivity contribution in [3.8, 4) is 0 Å². The number of quaternary nitrogens is 1. The number of nitrogens with one attached hydrogen (secondary N) is 1. The Hall–Kier alpha value is -4.14. The highest BCUT2D eigenvalue weighted by Gasteiger charge is 2.27. The molecule has 0 aliphatic heterocycles. The van der Waals surface area contributed by atoms with Crippen molar-refractivity contribution in [2.75, 3.05) is 40.9 Å². The molecule has 0 saturated carbocycles. The average molecular weight is 1210 g/mol. The van der Waals surface area contributed by atoms with Gasteiger partial charge < -0.3 is 19.8 Å². The van der Waals surface area contributed by atoms with Crippen LogP contribution in [-0.2, 0) is 18.4 Å². The molecular weight excluding hydrogens is 1080 g/mol. The lowest BCUT2D eigenvalue weighted by Crippen LogP contribution is -2.45. The van der Waals surface area contributed by atoms with Crippen molar-refractivity contribution in [1.82, 2.24) is 5.32 Å². The van der Waals surface area contributed by atoms with Gasteiger partial charge in [-0.3, -0.25) is 13.8 Å². The average Bonchev–Trinajstić information content (AvgIpc) is 3.70. The highest BCUT2D eigenvalue weighted by molar-refractivity contribution is 7.47. The summed E-state index contributed by atoms with van der Waals surface area (Å²) in [6.07, 6.45) is 104. The van der Waals surface area contributed by atoms with Crippen molar-refractivity contribution in [2.45, 2.75) is 270 Å². The molecule has 3 atom stereocenters. The van der Waals surface area contributed by atoms with Gasteiger partial charge >= 0.3 is 7.82 Å². The lowest BCUT2D eigenvalue weighted by Gasteiger charge is -2.25. The Balaban J connectivity index is 4.30. The molecule has 0 aromatic rings. The summed E-state index contributed by atoms with van der Waals surface area (Å²) in [5.41, 5.74) is 0. The second-order valence-corrected chi connectivity index (χ2v) is 25.3. The van der Waals surface area contributed by atoms with Crippen LogP contribution in [0.3, 0.4) is 0 Å². The fraction of sp³-hybridized carbons (Fsp3) is 0.623. The number of nitrogens with zero attached hydrogens (tertiary/aromatic N) is 1. The Labute approximate surface area is 530 Å². The van der Waals surface area contributed by atoms with Crippen LogP contribution < -0.4 is 5.32 Å². The molecule has 3 unspecified atom stereocenters. The number of unbranched alkanes of at least 4 members (excludes halogenated alkanes) is 22. The highest BCUT2D eigenvalue weighted by Crippen LogP contribution is 2.43. The number of phosphoric ester groups is 1. The largest absolute Gasteiger partial charge is 0.472 e. The summed E-state index contributed by atoms with van der Waals surface area (Å²) in [5.74, 6) is -0.228. The Morgan fingerprint density at radius 2 is 0.709 bits per heavy atom. The first-order chi connectivity index (χ1) is 42.0. The summed E-state index contributed by atoms with van der Waals surface area (Å²) in [6.45, 7) is 4.64. The molecule has 0 aliphatic rings. The third-order valence-electron chi connectivity index (χ3n) is 14.4. The van der Waals surface area contributed by atoms with Crippen molar-refractivity contribution >= 4 is 13.7 Å². The molecule has 0 saturated heterocycles. The van der Waals surface area contributed by atoms with Gasteiger partial charge in [0.2, 0.25) is 5.91 Å². The minimum atomic E-state index is -4.39. The number of allylic oxidation sites excluding steroid dienone is 27. The van der Waals surface area contributed by atoms with E-state index < -0.39 is 20.0 Å². The van der Waals surface area contributed by atoms with Gasteiger partial charge in [-0.2, -0.15) is 0 Å². The molecule has 0 bridgehead atoms. The summed E-state index contributed by atoms with van der Waals surface area (Å²) < 4.78 is 23.7. The lowest BCUT2D eigenvalue weighted by atomic mass is 10.0. The van der Waals surface area contributed by atoms with Gasteiger partial charge in [0.25, 0.3) is 0 Å². The van der Waals surface area contributed by atoms with E-state index in [4.69, 9.17) is 9.05 Å². The maximum Gasteiger partial charge on any atom is 0.472 e. The Kier molecular flexibility index (Phi) is 62.2. The summed E-state index contributed by atoms with van der Waals surface area (Å²) >= 11 is 0. The molecule has 0 spiro atoms. The van der Waals surface area contributed by atoms with E-state index in [2.05, 4.69) is 177 Å². The summed E-state index contributed by atoms with van der Waals surface area (Å²) in [7, 11) is 1.50. The number of likely N-dealkylation sites (N-methyl/N-ethyl adjacent to an activating group) is 1. The molecule has 86 heavy (non-hydrogen) atoms. The molecule has 0 radical (unpaired) electrons. The van der Waals surface area contributed by atoms with Crippen molar-refractivity contribution in [1.29, 1.82) is 0 Å². The predicted molar refractivity (Wildman–Crippen MR) is 377 cm³/mol. The summed E-state index contributed by atoms with van der Waals surface area (Å²) in [4.78, 5) is 23.4. The van der Waals surface area contributed by atoms with Crippen LogP contribution in [0.25, 0.3) is 0 Å². The van der Waals surface area contributed by atoms with E-state index in [0.717, 1.165) is 116 Å². The van der Waals surface area contributed by atoms with E-state index in [1.54, 1.807) is 6.08 Å². The third kappa shape index (κ3) is 67.4. The second-order valence-electron chi connectivity index (χ2n) is 23.8. The molecule has 3 N–H and O–H groups in total. The van der Waals surface area contributed by atoms with E-state index in [1.807, 2.05) is 27.2 Å². The Bertz CT molecular complexity index is 2010. The molecule has 0 aromatic carbocycles. The number of carbonyl (C=O) groups excluding carboxylic acids is 1. The molecule has 488 valence electrons. The van der Waals surface area contributed by atoms with E-state index in [-0.39, 0.29) is 19.1 Å². The lowest BCUT2D eigenvalue weighted by molar-refractivity contribution is -0.870. The molecule has 0 aliphatic carbocycles. The summed E-state index contributed by atoms with van der Waals surface area (Å²) in [6, 6.07) is -0.903. The molecule has 0 aromatic heterocycles. The highest BCUT2D eigenvalue weighted by atomic mass is 31.2. The van der Waals surface area contributed by atoms with Gasteiger partial charge in [-0.05, 0) is 128 Å². The molecular formula is C77H130N2O6P+. The van der Waals surface area contributed by atoms with E-state index in [0.29, 0.717) is 23.9 Å².